The third-order valence-corrected chi connectivity index (χ3v) is 8.75. The molecule has 2 heterocycles. The molecular formula is C30H35N3O7S. The fraction of sp³-hybridized carbons (Fsp3) is 0.367. The SMILES string of the molecule is C[C@H]1CN([C@@H](C)CO)C(=O)c2cccc(NS(=O)(=O)c3ccccc3)c2O[C@@H]1CN(C)Cc1ccc2c(c1)OCO2. The Morgan fingerprint density at radius 2 is 1.83 bits per heavy atom. The number of nitrogens with one attached hydrogen (secondary N) is 1. The second-order valence-electron chi connectivity index (χ2n) is 10.6. The molecule has 2 aliphatic rings. The number of rotatable bonds is 9. The van der Waals surface area contributed by atoms with E-state index in [2.05, 4.69) is 9.62 Å². The Kier molecular flexibility index (Phi) is 8.39. The van der Waals surface area contributed by atoms with E-state index in [1.807, 2.05) is 32.2 Å². The summed E-state index contributed by atoms with van der Waals surface area (Å²) >= 11 is 0. The molecular weight excluding hydrogens is 546 g/mol. The minimum atomic E-state index is -3.95. The van der Waals surface area contributed by atoms with E-state index in [0.717, 1.165) is 11.3 Å². The number of nitrogens with zero attached hydrogens (tertiary/aromatic N) is 2. The smallest absolute Gasteiger partial charge is 0.262 e. The van der Waals surface area contributed by atoms with Gasteiger partial charge in [-0.25, -0.2) is 8.42 Å². The molecule has 10 nitrogen and oxygen atoms in total. The quantitative estimate of drug-likeness (QED) is 0.394. The Balaban J connectivity index is 1.46. The zero-order chi connectivity index (χ0) is 29.1. The third kappa shape index (κ3) is 6.27. The van der Waals surface area contributed by atoms with Gasteiger partial charge in [-0.15, -0.1) is 0 Å². The lowest BCUT2D eigenvalue weighted by Gasteiger charge is -2.38. The van der Waals surface area contributed by atoms with E-state index >= 15 is 0 Å². The van der Waals surface area contributed by atoms with Crippen molar-refractivity contribution in [1.82, 2.24) is 9.80 Å². The molecule has 0 saturated carbocycles. The first-order valence-electron chi connectivity index (χ1n) is 13.5. The highest BCUT2D eigenvalue weighted by atomic mass is 32.2. The molecule has 0 spiro atoms. The number of hydrogen-bond acceptors (Lipinski definition) is 8. The molecule has 3 atom stereocenters. The van der Waals surface area contributed by atoms with E-state index in [4.69, 9.17) is 14.2 Å². The summed E-state index contributed by atoms with van der Waals surface area (Å²) in [7, 11) is -1.97. The molecule has 0 fully saturated rings. The minimum absolute atomic E-state index is 0.0960. The lowest BCUT2D eigenvalue weighted by atomic mass is 9.99. The Morgan fingerprint density at radius 1 is 1.07 bits per heavy atom. The van der Waals surface area contributed by atoms with Crippen LogP contribution in [0.1, 0.15) is 29.8 Å². The molecule has 0 unspecified atom stereocenters. The third-order valence-electron chi connectivity index (χ3n) is 7.37. The number of para-hydroxylation sites is 1. The maximum absolute atomic E-state index is 13.7. The van der Waals surface area contributed by atoms with Crippen molar-refractivity contribution in [2.45, 2.75) is 37.4 Å². The van der Waals surface area contributed by atoms with Gasteiger partial charge in [0, 0.05) is 25.6 Å². The maximum atomic E-state index is 13.7. The fourth-order valence-corrected chi connectivity index (χ4v) is 6.15. The van der Waals surface area contributed by atoms with Crippen molar-refractivity contribution >= 4 is 21.6 Å². The number of amides is 1. The number of hydrogen-bond donors (Lipinski definition) is 2. The lowest BCUT2D eigenvalue weighted by Crippen LogP contribution is -2.49. The number of aliphatic hydroxyl groups is 1. The standard InChI is InChI=1S/C30H35N3O7S/c1-20-15-33(21(2)18-34)30(35)24-10-7-11-25(31-41(36,37)23-8-5-4-6-9-23)29(24)40-28(20)17-32(3)16-22-12-13-26-27(14-22)39-19-38-26/h4-14,20-21,28,31,34H,15-19H2,1-3H3/t20-,21-,28+/m0/s1. The highest BCUT2D eigenvalue weighted by Crippen LogP contribution is 2.36. The molecule has 3 aromatic carbocycles. The van der Waals surface area contributed by atoms with Gasteiger partial charge in [0.2, 0.25) is 6.79 Å². The van der Waals surface area contributed by atoms with Crippen LogP contribution < -0.4 is 18.9 Å². The summed E-state index contributed by atoms with van der Waals surface area (Å²) in [6.45, 7) is 5.24. The van der Waals surface area contributed by atoms with Gasteiger partial charge >= 0.3 is 0 Å². The van der Waals surface area contributed by atoms with Crippen LogP contribution in [0.4, 0.5) is 5.69 Å². The highest BCUT2D eigenvalue weighted by molar-refractivity contribution is 7.92. The topological polar surface area (TPSA) is 118 Å². The van der Waals surface area contributed by atoms with Crippen LogP contribution in [0, 0.1) is 5.92 Å². The number of aliphatic hydroxyl groups excluding tert-OH is 1. The Hall–Kier alpha value is -3.80. The van der Waals surface area contributed by atoms with Gasteiger partial charge < -0.3 is 24.2 Å². The van der Waals surface area contributed by atoms with Crippen LogP contribution in [0.25, 0.3) is 0 Å². The minimum Gasteiger partial charge on any atom is -0.486 e. The molecule has 0 saturated heterocycles. The molecule has 1 amide bonds. The Bertz CT molecular complexity index is 1500. The summed E-state index contributed by atoms with van der Waals surface area (Å²) in [5.41, 5.74) is 1.44. The number of anilines is 1. The molecule has 2 aliphatic heterocycles. The van der Waals surface area contributed by atoms with E-state index in [1.165, 1.54) is 12.1 Å². The van der Waals surface area contributed by atoms with Crippen LogP contribution in [0.3, 0.4) is 0 Å². The number of likely N-dealkylation sites (N-methyl/N-ethyl adjacent to an activating group) is 1. The van der Waals surface area contributed by atoms with Gasteiger partial charge in [0.05, 0.1) is 28.8 Å². The summed E-state index contributed by atoms with van der Waals surface area (Å²) in [5, 5.41) is 9.93. The molecule has 2 N–H and O–H groups in total. The first kappa shape index (κ1) is 28.7. The van der Waals surface area contributed by atoms with Crippen LogP contribution in [0.15, 0.2) is 71.6 Å². The average Bonchev–Trinajstić information content (AvgIpc) is 3.43. The van der Waals surface area contributed by atoms with Gasteiger partial charge in [-0.2, -0.15) is 0 Å². The van der Waals surface area contributed by atoms with Crippen LogP contribution in [0.2, 0.25) is 0 Å². The number of carbonyl (C=O) groups excluding carboxylic acids is 1. The largest absolute Gasteiger partial charge is 0.486 e. The number of fused-ring (bicyclic) bond motifs is 2. The van der Waals surface area contributed by atoms with Gasteiger partial charge in [0.15, 0.2) is 17.2 Å². The van der Waals surface area contributed by atoms with Gasteiger partial charge in [-0.1, -0.05) is 37.3 Å². The van der Waals surface area contributed by atoms with Crippen molar-refractivity contribution in [1.29, 1.82) is 0 Å². The normalized spacial score (nSPS) is 19.2. The van der Waals surface area contributed by atoms with Crippen molar-refractivity contribution in [3.63, 3.8) is 0 Å². The summed E-state index contributed by atoms with van der Waals surface area (Å²) < 4.78 is 46.6. The Morgan fingerprint density at radius 3 is 2.59 bits per heavy atom. The molecule has 0 aromatic heterocycles. The molecule has 0 aliphatic carbocycles. The van der Waals surface area contributed by atoms with E-state index in [-0.39, 0.29) is 47.1 Å². The monoisotopic (exact) mass is 581 g/mol. The molecule has 0 bridgehead atoms. The fourth-order valence-electron chi connectivity index (χ4n) is 5.07. The summed E-state index contributed by atoms with van der Waals surface area (Å²) in [5.74, 6) is 1.13. The number of sulfonamides is 1. The summed E-state index contributed by atoms with van der Waals surface area (Å²) in [6, 6.07) is 18.3. The van der Waals surface area contributed by atoms with Gasteiger partial charge in [-0.3, -0.25) is 14.4 Å². The lowest BCUT2D eigenvalue weighted by molar-refractivity contribution is 0.0344. The van der Waals surface area contributed by atoms with Crippen LogP contribution in [-0.2, 0) is 16.6 Å². The number of ether oxygens (including phenoxy) is 3. The molecule has 5 rings (SSSR count). The van der Waals surface area contributed by atoms with E-state index in [9.17, 15) is 18.3 Å². The molecule has 218 valence electrons. The zero-order valence-electron chi connectivity index (χ0n) is 23.3. The molecule has 11 heteroatoms. The second kappa shape index (κ2) is 12.0. The Labute approximate surface area is 240 Å². The van der Waals surface area contributed by atoms with Gasteiger partial charge in [0.25, 0.3) is 15.9 Å². The van der Waals surface area contributed by atoms with E-state index in [0.29, 0.717) is 25.4 Å². The van der Waals surface area contributed by atoms with E-state index < -0.39 is 22.2 Å². The first-order chi connectivity index (χ1) is 19.7. The van der Waals surface area contributed by atoms with Crippen molar-refractivity contribution < 1.29 is 32.5 Å². The summed E-state index contributed by atoms with van der Waals surface area (Å²) in [4.78, 5) is 17.5. The molecule has 3 aromatic rings. The van der Waals surface area contributed by atoms with Crippen molar-refractivity contribution in [2.24, 2.45) is 5.92 Å². The van der Waals surface area contributed by atoms with Crippen molar-refractivity contribution in [2.75, 3.05) is 38.3 Å². The van der Waals surface area contributed by atoms with Gasteiger partial charge in [0.1, 0.15) is 6.10 Å². The van der Waals surface area contributed by atoms with Gasteiger partial charge in [-0.05, 0) is 55.9 Å². The average molecular weight is 582 g/mol. The van der Waals surface area contributed by atoms with Crippen molar-refractivity contribution in [3.05, 3.63) is 77.9 Å². The summed E-state index contributed by atoms with van der Waals surface area (Å²) in [6.07, 6.45) is -0.406. The highest BCUT2D eigenvalue weighted by Gasteiger charge is 2.35. The van der Waals surface area contributed by atoms with Crippen LogP contribution >= 0.6 is 0 Å². The van der Waals surface area contributed by atoms with Crippen LogP contribution in [-0.4, -0.2) is 74.9 Å². The molecule has 0 radical (unpaired) electrons. The maximum Gasteiger partial charge on any atom is 0.262 e. The second-order valence-corrected chi connectivity index (χ2v) is 12.3. The number of carbonyl (C=O) groups is 1. The van der Waals surface area contributed by atoms with Crippen molar-refractivity contribution in [3.8, 4) is 17.2 Å². The zero-order valence-corrected chi connectivity index (χ0v) is 24.1. The first-order valence-corrected chi connectivity index (χ1v) is 15.0. The molecule has 41 heavy (non-hydrogen) atoms. The van der Waals surface area contributed by atoms with Crippen LogP contribution in [0.5, 0.6) is 17.2 Å². The van der Waals surface area contributed by atoms with E-state index in [1.54, 1.807) is 48.2 Å². The predicted molar refractivity (Wildman–Crippen MR) is 154 cm³/mol. The predicted octanol–water partition coefficient (Wildman–Crippen LogP) is 3.57. The number of benzene rings is 3.